The van der Waals surface area contributed by atoms with E-state index in [1.807, 2.05) is 0 Å². The predicted molar refractivity (Wildman–Crippen MR) is 50.9 cm³/mol. The number of rotatable bonds is 4. The van der Waals surface area contributed by atoms with Crippen molar-refractivity contribution in [1.29, 1.82) is 0 Å². The minimum atomic E-state index is -1.46. The summed E-state index contributed by atoms with van der Waals surface area (Å²) < 4.78 is 2.54. The van der Waals surface area contributed by atoms with E-state index >= 15 is 0 Å². The normalized spacial score (nSPS) is 12.6. The van der Waals surface area contributed by atoms with Crippen LogP contribution in [0, 0.1) is 0 Å². The van der Waals surface area contributed by atoms with E-state index in [-0.39, 0.29) is 0 Å². The molecule has 2 heteroatoms. The third-order valence-electron chi connectivity index (χ3n) is 2.92. The molecule has 0 amide bonds. The summed E-state index contributed by atoms with van der Waals surface area (Å²) in [7, 11) is 4.52. The Hall–Kier alpha value is 0.503. The summed E-state index contributed by atoms with van der Waals surface area (Å²) in [6.07, 6.45) is 0. The molecule has 0 aliphatic heterocycles. The fourth-order valence-corrected chi connectivity index (χ4v) is 8.83. The molecule has 0 spiro atoms. The number of nitrogens with zero attached hydrogens (tertiary/aromatic N) is 1. The van der Waals surface area contributed by atoms with E-state index in [1.54, 1.807) is 0 Å². The van der Waals surface area contributed by atoms with Gasteiger partial charge >= 0.3 is 68.0 Å². The van der Waals surface area contributed by atoms with Crippen LogP contribution < -0.4 is 0 Å². The van der Waals surface area contributed by atoms with Crippen LogP contribution in [0.25, 0.3) is 0 Å². The third-order valence-corrected chi connectivity index (χ3v) is 15.2. The first-order chi connectivity index (χ1) is 4.63. The van der Waals surface area contributed by atoms with Crippen molar-refractivity contribution in [1.82, 2.24) is 3.86 Å². The van der Waals surface area contributed by atoms with Crippen molar-refractivity contribution < 1.29 is 0 Å². The first-order valence-electron chi connectivity index (χ1n) is 4.30. The monoisotopic (exact) mass is 205 g/mol. The van der Waals surface area contributed by atoms with Crippen LogP contribution in [-0.2, 0) is 0 Å². The maximum absolute atomic E-state index is 2.54. The Labute approximate surface area is 68.4 Å². The Kier molecular flexibility index (Phi) is 4.62. The molecule has 0 aromatic carbocycles. The van der Waals surface area contributed by atoms with E-state index < -0.39 is 13.5 Å². The quantitative estimate of drug-likeness (QED) is 0.635. The van der Waals surface area contributed by atoms with E-state index in [9.17, 15) is 0 Å². The van der Waals surface area contributed by atoms with Crippen molar-refractivity contribution in [3.63, 3.8) is 0 Å². The molecule has 0 aromatic rings. The molecule has 0 radical (unpaired) electrons. The van der Waals surface area contributed by atoms with Crippen molar-refractivity contribution in [3.8, 4) is 0 Å². The SMILES string of the molecule is C[CH2][Ge]([CH2]C)([CH2]C)[N](C)C. The summed E-state index contributed by atoms with van der Waals surface area (Å²) in [5.41, 5.74) is 0. The molecule has 62 valence electrons. The summed E-state index contributed by atoms with van der Waals surface area (Å²) in [4.78, 5) is 0. The number of hydrogen-bond acceptors (Lipinski definition) is 1. The summed E-state index contributed by atoms with van der Waals surface area (Å²) in [6.45, 7) is 7.06. The first-order valence-corrected chi connectivity index (χ1v) is 9.69. The second kappa shape index (κ2) is 4.40. The zero-order chi connectivity index (χ0) is 8.20. The molecule has 0 saturated carbocycles. The molecule has 0 bridgehead atoms. The molecule has 0 unspecified atom stereocenters. The van der Waals surface area contributed by atoms with Gasteiger partial charge in [-0.05, 0) is 0 Å². The van der Waals surface area contributed by atoms with Crippen LogP contribution >= 0.6 is 0 Å². The Morgan fingerprint density at radius 1 is 0.900 bits per heavy atom. The summed E-state index contributed by atoms with van der Waals surface area (Å²) in [6, 6.07) is 0. The van der Waals surface area contributed by atoms with Crippen molar-refractivity contribution in [3.05, 3.63) is 0 Å². The van der Waals surface area contributed by atoms with Gasteiger partial charge in [0.15, 0.2) is 0 Å². The van der Waals surface area contributed by atoms with Crippen LogP contribution in [0.3, 0.4) is 0 Å². The molecule has 0 aliphatic carbocycles. The van der Waals surface area contributed by atoms with Gasteiger partial charge in [0.2, 0.25) is 0 Å². The molecular weight excluding hydrogens is 183 g/mol. The van der Waals surface area contributed by atoms with Crippen molar-refractivity contribution in [2.75, 3.05) is 14.1 Å². The average Bonchev–Trinajstić information content (AvgIpc) is 1.92. The topological polar surface area (TPSA) is 3.24 Å². The molecule has 0 fully saturated rings. The Morgan fingerprint density at radius 3 is 1.20 bits per heavy atom. The zero-order valence-electron chi connectivity index (χ0n) is 8.07. The molecule has 0 aromatic heterocycles. The molecule has 0 saturated heterocycles. The second-order valence-corrected chi connectivity index (χ2v) is 14.6. The van der Waals surface area contributed by atoms with Crippen LogP contribution in [0.2, 0.25) is 15.8 Å². The van der Waals surface area contributed by atoms with E-state index in [1.165, 1.54) is 15.8 Å². The van der Waals surface area contributed by atoms with E-state index in [0.717, 1.165) is 0 Å². The third kappa shape index (κ3) is 1.99. The molecule has 0 N–H and O–H groups in total. The average molecular weight is 204 g/mol. The van der Waals surface area contributed by atoms with Gasteiger partial charge in [-0.25, -0.2) is 0 Å². The first kappa shape index (κ1) is 10.5. The van der Waals surface area contributed by atoms with Gasteiger partial charge in [-0.3, -0.25) is 0 Å². The molecule has 0 atom stereocenters. The van der Waals surface area contributed by atoms with Crippen LogP contribution in [0.4, 0.5) is 0 Å². The van der Waals surface area contributed by atoms with Gasteiger partial charge < -0.3 is 0 Å². The van der Waals surface area contributed by atoms with Gasteiger partial charge in [0.1, 0.15) is 0 Å². The van der Waals surface area contributed by atoms with Crippen molar-refractivity contribution in [2.45, 2.75) is 36.5 Å². The van der Waals surface area contributed by atoms with E-state index in [2.05, 4.69) is 38.7 Å². The Balaban J connectivity index is 4.15. The van der Waals surface area contributed by atoms with E-state index in [0.29, 0.717) is 0 Å². The predicted octanol–water partition coefficient (Wildman–Crippen LogP) is 2.55. The standard InChI is InChI=1S/C8H21GeN/c1-6-9(7-2,8-3)10(4)5/h6-8H2,1-5H3. The Bertz CT molecular complexity index is 79.0. The summed E-state index contributed by atoms with van der Waals surface area (Å²) >= 11 is -1.46. The van der Waals surface area contributed by atoms with Crippen LogP contribution in [-0.4, -0.2) is 31.4 Å². The van der Waals surface area contributed by atoms with Gasteiger partial charge in [0.25, 0.3) is 0 Å². The minimum absolute atomic E-state index is 1.44. The Morgan fingerprint density at radius 2 is 1.20 bits per heavy atom. The van der Waals surface area contributed by atoms with Crippen LogP contribution in [0.5, 0.6) is 0 Å². The van der Waals surface area contributed by atoms with Crippen LogP contribution in [0.1, 0.15) is 20.8 Å². The molecule has 1 nitrogen and oxygen atoms in total. The summed E-state index contributed by atoms with van der Waals surface area (Å²) in [5, 5.41) is 4.33. The second-order valence-electron chi connectivity index (χ2n) is 3.18. The maximum atomic E-state index is 2.54. The van der Waals surface area contributed by atoms with Crippen molar-refractivity contribution in [2.24, 2.45) is 0 Å². The molecule has 0 rings (SSSR count). The van der Waals surface area contributed by atoms with Gasteiger partial charge in [0, 0.05) is 0 Å². The molecular formula is C8H21GeN. The molecule has 0 heterocycles. The fourth-order valence-electron chi connectivity index (χ4n) is 1.70. The van der Waals surface area contributed by atoms with Crippen molar-refractivity contribution >= 4 is 13.5 Å². The number of hydrogen-bond donors (Lipinski definition) is 0. The van der Waals surface area contributed by atoms with Gasteiger partial charge in [-0.2, -0.15) is 0 Å². The fraction of sp³-hybridized carbons (Fsp3) is 1.00. The molecule has 10 heavy (non-hydrogen) atoms. The van der Waals surface area contributed by atoms with Gasteiger partial charge in [0.05, 0.1) is 0 Å². The summed E-state index contributed by atoms with van der Waals surface area (Å²) in [5.74, 6) is 0. The van der Waals surface area contributed by atoms with Gasteiger partial charge in [-0.1, -0.05) is 0 Å². The van der Waals surface area contributed by atoms with Crippen LogP contribution in [0.15, 0.2) is 0 Å². The molecule has 0 aliphatic rings. The van der Waals surface area contributed by atoms with E-state index in [4.69, 9.17) is 0 Å². The van der Waals surface area contributed by atoms with Gasteiger partial charge in [-0.15, -0.1) is 0 Å². The zero-order valence-corrected chi connectivity index (χ0v) is 10.2.